The van der Waals surface area contributed by atoms with E-state index in [4.69, 9.17) is 23.5 Å². The number of hydrogen-bond donors (Lipinski definition) is 0. The lowest BCUT2D eigenvalue weighted by Crippen LogP contribution is -2.60. The van der Waals surface area contributed by atoms with Gasteiger partial charge in [-0.05, 0) is 97.0 Å². The molecule has 1 aliphatic carbocycles. The van der Waals surface area contributed by atoms with Crippen LogP contribution in [-0.2, 0) is 32.0 Å². The Morgan fingerprint density at radius 1 is 0.857 bits per heavy atom. The summed E-state index contributed by atoms with van der Waals surface area (Å²) in [5, 5.41) is 1.81. The number of benzene rings is 2. The largest absolute Gasteiger partial charge is 0.497 e. The highest BCUT2D eigenvalue weighted by Crippen LogP contribution is 2.53. The van der Waals surface area contributed by atoms with Crippen molar-refractivity contribution in [2.24, 2.45) is 17.3 Å². The molecule has 0 radical (unpaired) electrons. The van der Waals surface area contributed by atoms with E-state index in [9.17, 15) is 4.79 Å². The van der Waals surface area contributed by atoms with Gasteiger partial charge in [-0.1, -0.05) is 83.2 Å². The number of carbonyl (C=O) groups is 1. The number of hydrogen-bond acceptors (Lipinski definition) is 6. The van der Waals surface area contributed by atoms with Gasteiger partial charge in [0.15, 0.2) is 8.32 Å². The number of fused-ring (bicyclic) bond motifs is 2. The Morgan fingerprint density at radius 3 is 2.00 bits per heavy atom. The van der Waals surface area contributed by atoms with Crippen LogP contribution in [0.25, 0.3) is 0 Å². The van der Waals surface area contributed by atoms with Gasteiger partial charge in [-0.15, -0.1) is 6.58 Å². The summed E-state index contributed by atoms with van der Waals surface area (Å²) >= 11 is 0. The molecule has 1 unspecified atom stereocenters. The second kappa shape index (κ2) is 18.0. The van der Waals surface area contributed by atoms with Crippen molar-refractivity contribution in [1.82, 2.24) is 5.06 Å². The summed E-state index contributed by atoms with van der Waals surface area (Å²) in [6, 6.07) is 15.9. The summed E-state index contributed by atoms with van der Waals surface area (Å²) in [7, 11) is 1.30. The number of amides is 1. The molecule has 4 atom stereocenters. The van der Waals surface area contributed by atoms with E-state index in [-0.39, 0.29) is 34.3 Å². The lowest BCUT2D eigenvalue weighted by Gasteiger charge is -2.55. The van der Waals surface area contributed by atoms with Crippen molar-refractivity contribution in [3.63, 3.8) is 0 Å². The average Bonchev–Trinajstić information content (AvgIpc) is 3.08. The molecular weight excluding hydrogens is 631 g/mol. The van der Waals surface area contributed by atoms with Crippen LogP contribution in [0.15, 0.2) is 61.2 Å². The first-order chi connectivity index (χ1) is 23.4. The van der Waals surface area contributed by atoms with Crippen LogP contribution in [0.5, 0.6) is 11.5 Å². The number of carbonyl (C=O) groups excluding carboxylic acids is 1. The van der Waals surface area contributed by atoms with Gasteiger partial charge < -0.3 is 18.6 Å². The molecule has 0 N–H and O–H groups in total. The molecule has 2 aromatic carbocycles. The van der Waals surface area contributed by atoms with E-state index in [1.165, 1.54) is 31.2 Å². The Balaban J connectivity index is 1.34. The van der Waals surface area contributed by atoms with Crippen LogP contribution in [0.3, 0.4) is 0 Å². The molecule has 0 spiro atoms. The average molecular weight is 694 g/mol. The maximum atomic E-state index is 14.1. The Kier molecular flexibility index (Phi) is 14.4. The van der Waals surface area contributed by atoms with Gasteiger partial charge in [-0.3, -0.25) is 9.63 Å². The Bertz CT molecular complexity index is 1310. The summed E-state index contributed by atoms with van der Waals surface area (Å²) in [6.45, 7) is 18.1. The molecule has 1 heterocycles. The summed E-state index contributed by atoms with van der Waals surface area (Å²) in [5.41, 5.74) is 2.18. The zero-order chi connectivity index (χ0) is 35.5. The topological polar surface area (TPSA) is 66.5 Å². The second-order valence-electron chi connectivity index (χ2n) is 15.9. The molecule has 49 heavy (non-hydrogen) atoms. The monoisotopic (exact) mass is 693 g/mol. The molecule has 1 saturated heterocycles. The third kappa shape index (κ3) is 10.9. The number of unbranched alkanes of at least 4 members (excludes halogenated alkanes) is 5. The van der Waals surface area contributed by atoms with Gasteiger partial charge in [0.25, 0.3) is 0 Å². The second-order valence-corrected chi connectivity index (χ2v) is 20.6. The minimum Gasteiger partial charge on any atom is -0.497 e. The Labute approximate surface area is 297 Å². The molecular formula is C41H63NO6Si. The molecule has 1 amide bonds. The number of rotatable bonds is 20. The maximum absolute atomic E-state index is 14.1. The fraction of sp³-hybridized carbons (Fsp3) is 0.634. The number of ether oxygens (including phenoxy) is 3. The fourth-order valence-electron chi connectivity index (χ4n) is 7.29. The van der Waals surface area contributed by atoms with E-state index in [0.29, 0.717) is 19.8 Å². The van der Waals surface area contributed by atoms with Crippen molar-refractivity contribution in [1.29, 1.82) is 0 Å². The predicted molar refractivity (Wildman–Crippen MR) is 200 cm³/mol. The SMILES string of the molecule is C=CC[C@H]1C(O[Si](C)(C)C(C)(C)C)C[C@]2(CCCCCCCCOCc3ccc(OC)cc3)C[C@@H]1C(=O)N(OCc1ccc(OC)cc1)C2. The van der Waals surface area contributed by atoms with Gasteiger partial charge in [-0.2, -0.15) is 0 Å². The highest BCUT2D eigenvalue weighted by molar-refractivity contribution is 6.74. The summed E-state index contributed by atoms with van der Waals surface area (Å²) in [5.74, 6) is 1.78. The molecule has 2 fully saturated rings. The molecule has 7 nitrogen and oxygen atoms in total. The smallest absolute Gasteiger partial charge is 0.249 e. The van der Waals surface area contributed by atoms with Gasteiger partial charge in [0, 0.05) is 18.6 Å². The van der Waals surface area contributed by atoms with Gasteiger partial charge in [0.1, 0.15) is 18.1 Å². The molecule has 2 aliphatic rings. The van der Waals surface area contributed by atoms with E-state index in [1.54, 1.807) is 19.3 Å². The molecule has 0 aromatic heterocycles. The van der Waals surface area contributed by atoms with Crippen LogP contribution < -0.4 is 9.47 Å². The minimum atomic E-state index is -2.05. The van der Waals surface area contributed by atoms with Gasteiger partial charge in [-0.25, -0.2) is 5.06 Å². The number of allylic oxidation sites excluding steroid dienone is 1. The predicted octanol–water partition coefficient (Wildman–Crippen LogP) is 9.90. The van der Waals surface area contributed by atoms with E-state index in [2.05, 4.69) is 52.6 Å². The standard InChI is InChI=1S/C41H63NO6Si/c1-9-16-36-37-27-41(28-38(36)48-49(7,8)40(2,3)4,31-42(39(37)43)47-30-33-19-23-35(45-6)24-20-33)25-14-12-10-11-13-15-26-46-29-32-17-21-34(44-5)22-18-32/h9,17-24,36-38H,1,10-16,25-31H2,2-8H3/t36-,37+,38?,41+/m1/s1. The van der Waals surface area contributed by atoms with Crippen molar-refractivity contribution in [2.75, 3.05) is 27.4 Å². The summed E-state index contributed by atoms with van der Waals surface area (Å²) in [6.07, 6.45) is 12.8. The number of piperidine rings is 1. The number of nitrogens with zero attached hydrogens (tertiary/aromatic N) is 1. The van der Waals surface area contributed by atoms with Crippen molar-refractivity contribution >= 4 is 14.2 Å². The Morgan fingerprint density at radius 2 is 1.43 bits per heavy atom. The lowest BCUT2D eigenvalue weighted by molar-refractivity contribution is -0.232. The van der Waals surface area contributed by atoms with E-state index in [1.807, 2.05) is 42.5 Å². The number of hydroxylamine groups is 2. The Hall–Kier alpha value is -2.65. The molecule has 8 heteroatoms. The molecule has 2 bridgehead atoms. The van der Waals surface area contributed by atoms with E-state index in [0.717, 1.165) is 62.2 Å². The van der Waals surface area contributed by atoms with Crippen LogP contribution in [-0.4, -0.2) is 52.8 Å². The first-order valence-electron chi connectivity index (χ1n) is 18.5. The van der Waals surface area contributed by atoms with Crippen LogP contribution in [0.4, 0.5) is 0 Å². The van der Waals surface area contributed by atoms with Crippen molar-refractivity contribution < 1.29 is 28.3 Å². The molecule has 4 rings (SSSR count). The number of methoxy groups -OCH3 is 2. The maximum Gasteiger partial charge on any atom is 0.249 e. The van der Waals surface area contributed by atoms with Gasteiger partial charge in [0.2, 0.25) is 5.91 Å². The third-order valence-electron chi connectivity index (χ3n) is 11.2. The quantitative estimate of drug-likeness (QED) is 0.0782. The van der Waals surface area contributed by atoms with E-state index < -0.39 is 8.32 Å². The summed E-state index contributed by atoms with van der Waals surface area (Å²) in [4.78, 5) is 20.4. The normalized spacial score (nSPS) is 22.6. The van der Waals surface area contributed by atoms with Gasteiger partial charge >= 0.3 is 0 Å². The highest BCUT2D eigenvalue weighted by atomic mass is 28.4. The van der Waals surface area contributed by atoms with Crippen LogP contribution in [0, 0.1) is 17.3 Å². The molecule has 1 aliphatic heterocycles. The van der Waals surface area contributed by atoms with Crippen molar-refractivity contribution in [3.05, 3.63) is 72.3 Å². The highest BCUT2D eigenvalue weighted by Gasteiger charge is 2.55. The molecule has 1 saturated carbocycles. The van der Waals surface area contributed by atoms with E-state index >= 15 is 0 Å². The first-order valence-corrected chi connectivity index (χ1v) is 21.4. The van der Waals surface area contributed by atoms with Crippen molar-refractivity contribution in [3.8, 4) is 11.5 Å². The van der Waals surface area contributed by atoms with Crippen LogP contribution >= 0.6 is 0 Å². The van der Waals surface area contributed by atoms with Crippen molar-refractivity contribution in [2.45, 2.75) is 122 Å². The zero-order valence-electron chi connectivity index (χ0n) is 31.4. The molecule has 272 valence electrons. The zero-order valence-corrected chi connectivity index (χ0v) is 32.4. The minimum absolute atomic E-state index is 0.0154. The van der Waals surface area contributed by atoms with Gasteiger partial charge in [0.05, 0.1) is 27.4 Å². The molecule has 2 aromatic rings. The fourth-order valence-corrected chi connectivity index (χ4v) is 8.66. The third-order valence-corrected chi connectivity index (χ3v) is 15.7. The van der Waals surface area contributed by atoms with Crippen LogP contribution in [0.1, 0.15) is 96.1 Å². The lowest BCUT2D eigenvalue weighted by atomic mass is 9.59. The first kappa shape index (κ1) is 39.1. The summed E-state index contributed by atoms with van der Waals surface area (Å²) < 4.78 is 23.6. The van der Waals surface area contributed by atoms with Crippen LogP contribution in [0.2, 0.25) is 18.1 Å².